The van der Waals surface area contributed by atoms with Gasteiger partial charge in [0.15, 0.2) is 0 Å². The lowest BCUT2D eigenvalue weighted by Crippen LogP contribution is -2.19. The molecule has 0 aliphatic carbocycles. The van der Waals surface area contributed by atoms with E-state index in [2.05, 4.69) is 15.4 Å². The van der Waals surface area contributed by atoms with E-state index in [1.165, 1.54) is 12.8 Å². The van der Waals surface area contributed by atoms with Crippen LogP contribution >= 0.6 is 0 Å². The molecular formula is C20H23N3O3. The highest BCUT2D eigenvalue weighted by atomic mass is 16.5. The van der Waals surface area contributed by atoms with Crippen molar-refractivity contribution in [3.8, 4) is 11.5 Å². The van der Waals surface area contributed by atoms with Gasteiger partial charge in [-0.25, -0.2) is 5.43 Å². The second-order valence-corrected chi connectivity index (χ2v) is 6.05. The van der Waals surface area contributed by atoms with Crippen molar-refractivity contribution in [2.75, 3.05) is 32.2 Å². The number of nitrogens with one attached hydrogen (secondary N) is 1. The van der Waals surface area contributed by atoms with Crippen molar-refractivity contribution >= 4 is 17.8 Å². The van der Waals surface area contributed by atoms with Crippen LogP contribution in [-0.2, 0) is 0 Å². The van der Waals surface area contributed by atoms with E-state index in [1.807, 2.05) is 36.4 Å². The minimum absolute atomic E-state index is 0.248. The van der Waals surface area contributed by atoms with Gasteiger partial charge in [-0.1, -0.05) is 0 Å². The zero-order valence-electron chi connectivity index (χ0n) is 15.1. The van der Waals surface area contributed by atoms with Crippen LogP contribution < -0.4 is 19.8 Å². The number of rotatable bonds is 6. The highest BCUT2D eigenvalue weighted by molar-refractivity contribution is 5.95. The molecule has 3 rings (SSSR count). The number of benzene rings is 2. The van der Waals surface area contributed by atoms with Crippen LogP contribution in [0.5, 0.6) is 11.5 Å². The molecule has 0 spiro atoms. The quantitative estimate of drug-likeness (QED) is 0.640. The first kappa shape index (κ1) is 17.8. The third-order valence-electron chi connectivity index (χ3n) is 4.41. The van der Waals surface area contributed by atoms with Gasteiger partial charge in [-0.2, -0.15) is 5.10 Å². The average Bonchev–Trinajstić information content (AvgIpc) is 3.23. The van der Waals surface area contributed by atoms with Crippen LogP contribution in [0, 0.1) is 0 Å². The SMILES string of the molecule is COc1ccc(/C=N\NC(=O)c2ccc(N3CCCC3)cc2)c(OC)c1. The Bertz CT molecular complexity index is 781. The maximum Gasteiger partial charge on any atom is 0.271 e. The number of methoxy groups -OCH3 is 2. The van der Waals surface area contributed by atoms with Crippen LogP contribution in [0.25, 0.3) is 0 Å². The van der Waals surface area contributed by atoms with Crippen LogP contribution in [0.4, 0.5) is 5.69 Å². The van der Waals surface area contributed by atoms with E-state index in [0.29, 0.717) is 17.1 Å². The van der Waals surface area contributed by atoms with E-state index < -0.39 is 0 Å². The molecule has 0 saturated carbocycles. The normalized spacial score (nSPS) is 13.8. The molecule has 6 heteroatoms. The van der Waals surface area contributed by atoms with E-state index in [9.17, 15) is 4.79 Å². The summed E-state index contributed by atoms with van der Waals surface area (Å²) < 4.78 is 10.5. The predicted molar refractivity (Wildman–Crippen MR) is 102 cm³/mol. The summed E-state index contributed by atoms with van der Waals surface area (Å²) in [6.07, 6.45) is 4.01. The summed E-state index contributed by atoms with van der Waals surface area (Å²) in [6.45, 7) is 2.17. The van der Waals surface area contributed by atoms with Crippen molar-refractivity contribution in [3.63, 3.8) is 0 Å². The van der Waals surface area contributed by atoms with Crippen molar-refractivity contribution in [1.82, 2.24) is 5.43 Å². The Balaban J connectivity index is 1.62. The molecule has 1 saturated heterocycles. The van der Waals surface area contributed by atoms with E-state index in [1.54, 1.807) is 26.5 Å². The van der Waals surface area contributed by atoms with Crippen molar-refractivity contribution in [3.05, 3.63) is 53.6 Å². The number of anilines is 1. The topological polar surface area (TPSA) is 63.2 Å². The van der Waals surface area contributed by atoms with Gasteiger partial charge in [0.2, 0.25) is 0 Å². The van der Waals surface area contributed by atoms with Crippen molar-refractivity contribution in [2.45, 2.75) is 12.8 Å². The van der Waals surface area contributed by atoms with Gasteiger partial charge < -0.3 is 14.4 Å². The first-order chi connectivity index (χ1) is 12.7. The molecule has 6 nitrogen and oxygen atoms in total. The number of nitrogens with zero attached hydrogens (tertiary/aromatic N) is 2. The number of hydrogen-bond acceptors (Lipinski definition) is 5. The molecule has 1 heterocycles. The molecule has 1 N–H and O–H groups in total. The third kappa shape index (κ3) is 4.14. The molecule has 0 atom stereocenters. The number of ether oxygens (including phenoxy) is 2. The van der Waals surface area contributed by atoms with Crippen molar-refractivity contribution < 1.29 is 14.3 Å². The van der Waals surface area contributed by atoms with Gasteiger partial charge in [-0.3, -0.25) is 4.79 Å². The fourth-order valence-electron chi connectivity index (χ4n) is 2.95. The van der Waals surface area contributed by atoms with E-state index in [0.717, 1.165) is 24.3 Å². The van der Waals surface area contributed by atoms with Gasteiger partial charge in [-0.15, -0.1) is 0 Å². The van der Waals surface area contributed by atoms with Crippen molar-refractivity contribution in [1.29, 1.82) is 0 Å². The lowest BCUT2D eigenvalue weighted by Gasteiger charge is -2.17. The molecule has 1 amide bonds. The predicted octanol–water partition coefficient (Wildman–Crippen LogP) is 3.07. The van der Waals surface area contributed by atoms with Crippen LogP contribution in [0.2, 0.25) is 0 Å². The average molecular weight is 353 g/mol. The van der Waals surface area contributed by atoms with Crippen LogP contribution in [0.1, 0.15) is 28.8 Å². The maximum absolute atomic E-state index is 12.2. The molecule has 1 aliphatic heterocycles. The summed E-state index contributed by atoms with van der Waals surface area (Å²) in [5.41, 5.74) is 5.03. The Labute approximate surface area is 153 Å². The molecule has 0 aromatic heterocycles. The lowest BCUT2D eigenvalue weighted by molar-refractivity contribution is 0.0955. The minimum Gasteiger partial charge on any atom is -0.497 e. The number of hydrogen-bond donors (Lipinski definition) is 1. The number of carbonyl (C=O) groups excluding carboxylic acids is 1. The molecule has 136 valence electrons. The highest BCUT2D eigenvalue weighted by Gasteiger charge is 2.13. The van der Waals surface area contributed by atoms with E-state index in [-0.39, 0.29) is 5.91 Å². The van der Waals surface area contributed by atoms with Gasteiger partial charge in [-0.05, 0) is 49.2 Å². The summed E-state index contributed by atoms with van der Waals surface area (Å²) in [7, 11) is 3.17. The van der Waals surface area contributed by atoms with Crippen LogP contribution in [-0.4, -0.2) is 39.4 Å². The summed E-state index contributed by atoms with van der Waals surface area (Å²) in [4.78, 5) is 14.6. The molecular weight excluding hydrogens is 330 g/mol. The Morgan fingerprint density at radius 2 is 1.81 bits per heavy atom. The third-order valence-corrected chi connectivity index (χ3v) is 4.41. The van der Waals surface area contributed by atoms with Gasteiger partial charge in [0.05, 0.1) is 20.4 Å². The molecule has 2 aromatic carbocycles. The van der Waals surface area contributed by atoms with E-state index >= 15 is 0 Å². The molecule has 2 aromatic rings. The molecule has 0 radical (unpaired) electrons. The number of carbonyl (C=O) groups is 1. The Morgan fingerprint density at radius 3 is 2.46 bits per heavy atom. The standard InChI is InChI=1S/C20H23N3O3/c1-25-18-10-7-16(19(13-18)26-2)14-21-22-20(24)15-5-8-17(9-6-15)23-11-3-4-12-23/h5-10,13-14H,3-4,11-12H2,1-2H3,(H,22,24)/b21-14-. The Kier molecular flexibility index (Phi) is 5.73. The monoisotopic (exact) mass is 353 g/mol. The largest absolute Gasteiger partial charge is 0.497 e. The zero-order valence-corrected chi connectivity index (χ0v) is 15.1. The van der Waals surface area contributed by atoms with Gasteiger partial charge >= 0.3 is 0 Å². The van der Waals surface area contributed by atoms with Gasteiger partial charge in [0.1, 0.15) is 11.5 Å². The smallest absolute Gasteiger partial charge is 0.271 e. The Hall–Kier alpha value is -3.02. The first-order valence-corrected chi connectivity index (χ1v) is 8.61. The van der Waals surface area contributed by atoms with E-state index in [4.69, 9.17) is 9.47 Å². The van der Waals surface area contributed by atoms with Gasteiger partial charge in [0, 0.05) is 36.0 Å². The van der Waals surface area contributed by atoms with Gasteiger partial charge in [0.25, 0.3) is 5.91 Å². The summed E-state index contributed by atoms with van der Waals surface area (Å²) in [6, 6.07) is 13.0. The number of amides is 1. The molecule has 0 bridgehead atoms. The molecule has 0 unspecified atom stereocenters. The van der Waals surface area contributed by atoms with Crippen LogP contribution in [0.15, 0.2) is 47.6 Å². The number of hydrazone groups is 1. The van der Waals surface area contributed by atoms with Crippen LogP contribution in [0.3, 0.4) is 0 Å². The second-order valence-electron chi connectivity index (χ2n) is 6.05. The van der Waals surface area contributed by atoms with Crippen molar-refractivity contribution in [2.24, 2.45) is 5.10 Å². The molecule has 1 aliphatic rings. The lowest BCUT2D eigenvalue weighted by atomic mass is 10.2. The highest BCUT2D eigenvalue weighted by Crippen LogP contribution is 2.23. The first-order valence-electron chi connectivity index (χ1n) is 8.61. The summed E-state index contributed by atoms with van der Waals surface area (Å²) in [5, 5.41) is 4.03. The Morgan fingerprint density at radius 1 is 1.08 bits per heavy atom. The minimum atomic E-state index is -0.248. The molecule has 1 fully saturated rings. The fourth-order valence-corrected chi connectivity index (χ4v) is 2.95. The zero-order chi connectivity index (χ0) is 18.4. The molecule has 26 heavy (non-hydrogen) atoms. The second kappa shape index (κ2) is 8.38. The fraction of sp³-hybridized carbons (Fsp3) is 0.300. The summed E-state index contributed by atoms with van der Waals surface area (Å²) >= 11 is 0. The summed E-state index contributed by atoms with van der Waals surface area (Å²) in [5.74, 6) is 1.07. The maximum atomic E-state index is 12.2.